The van der Waals surface area contributed by atoms with Crippen LogP contribution in [0.15, 0.2) is 18.3 Å². The van der Waals surface area contributed by atoms with Crippen molar-refractivity contribution in [3.63, 3.8) is 0 Å². The van der Waals surface area contributed by atoms with E-state index in [0.29, 0.717) is 18.3 Å². The summed E-state index contributed by atoms with van der Waals surface area (Å²) in [6.07, 6.45) is 2.07. The van der Waals surface area contributed by atoms with Gasteiger partial charge >= 0.3 is 0 Å². The molecule has 0 aromatic carbocycles. The predicted molar refractivity (Wildman–Crippen MR) is 79.0 cm³/mol. The molecule has 1 aliphatic rings. The highest BCUT2D eigenvalue weighted by Crippen LogP contribution is 2.16. The Labute approximate surface area is 126 Å². The van der Waals surface area contributed by atoms with Crippen LogP contribution in [-0.4, -0.2) is 45.8 Å². The lowest BCUT2D eigenvalue weighted by Crippen LogP contribution is -2.38. The van der Waals surface area contributed by atoms with Crippen molar-refractivity contribution in [1.82, 2.24) is 19.7 Å². The molecule has 0 spiro atoms. The quantitative estimate of drug-likeness (QED) is 0.890. The van der Waals surface area contributed by atoms with E-state index in [9.17, 15) is 4.79 Å². The predicted octanol–water partition coefficient (Wildman–Crippen LogP) is 0.940. The second-order valence-corrected chi connectivity index (χ2v) is 5.95. The standard InChI is InChI=1S/C13H17N5O2S/c1-20-9-12-15-16-13(21-12)14-11(19)8-17-5-6-18-4-2-3-10(18)7-17/h2-4H,5-9H2,1H3,(H,14,16,19). The fourth-order valence-corrected chi connectivity index (χ4v) is 3.08. The van der Waals surface area contributed by atoms with Crippen LogP contribution in [0, 0.1) is 0 Å². The van der Waals surface area contributed by atoms with Gasteiger partial charge in [-0.05, 0) is 12.1 Å². The summed E-state index contributed by atoms with van der Waals surface area (Å²) >= 11 is 1.34. The summed E-state index contributed by atoms with van der Waals surface area (Å²) in [5.74, 6) is -0.0601. The minimum Gasteiger partial charge on any atom is -0.377 e. The van der Waals surface area contributed by atoms with E-state index >= 15 is 0 Å². The van der Waals surface area contributed by atoms with Crippen LogP contribution < -0.4 is 5.32 Å². The first kappa shape index (κ1) is 14.2. The zero-order valence-electron chi connectivity index (χ0n) is 11.8. The number of rotatable bonds is 5. The fraction of sp³-hybridized carbons (Fsp3) is 0.462. The molecule has 1 aliphatic heterocycles. The molecule has 2 aromatic rings. The highest BCUT2D eigenvalue weighted by molar-refractivity contribution is 7.15. The summed E-state index contributed by atoms with van der Waals surface area (Å²) in [7, 11) is 1.60. The Kier molecular flexibility index (Phi) is 4.28. The Morgan fingerprint density at radius 1 is 1.48 bits per heavy atom. The van der Waals surface area contributed by atoms with E-state index in [-0.39, 0.29) is 5.91 Å². The third-order valence-electron chi connectivity index (χ3n) is 3.31. The van der Waals surface area contributed by atoms with Crippen molar-refractivity contribution in [2.75, 3.05) is 25.5 Å². The van der Waals surface area contributed by atoms with E-state index in [1.807, 2.05) is 6.07 Å². The van der Waals surface area contributed by atoms with Crippen molar-refractivity contribution in [2.24, 2.45) is 0 Å². The first-order valence-electron chi connectivity index (χ1n) is 6.72. The molecule has 7 nitrogen and oxygen atoms in total. The maximum atomic E-state index is 12.0. The van der Waals surface area contributed by atoms with Gasteiger partial charge in [-0.15, -0.1) is 10.2 Å². The lowest BCUT2D eigenvalue weighted by atomic mass is 10.3. The molecule has 3 rings (SSSR count). The molecule has 3 heterocycles. The Morgan fingerprint density at radius 2 is 2.38 bits per heavy atom. The van der Waals surface area contributed by atoms with Gasteiger partial charge in [0.25, 0.3) is 0 Å². The number of ether oxygens (including phenoxy) is 1. The summed E-state index contributed by atoms with van der Waals surface area (Å²) in [5, 5.41) is 11.9. The Morgan fingerprint density at radius 3 is 3.24 bits per heavy atom. The van der Waals surface area contributed by atoms with Gasteiger partial charge in [0.2, 0.25) is 11.0 Å². The molecular weight excluding hydrogens is 290 g/mol. The molecule has 0 unspecified atom stereocenters. The highest BCUT2D eigenvalue weighted by Gasteiger charge is 2.18. The van der Waals surface area contributed by atoms with Gasteiger partial charge in [-0.25, -0.2) is 0 Å². The second-order valence-electron chi connectivity index (χ2n) is 4.89. The fourth-order valence-electron chi connectivity index (χ4n) is 2.35. The largest absolute Gasteiger partial charge is 0.377 e. The van der Waals surface area contributed by atoms with Crippen molar-refractivity contribution >= 4 is 22.4 Å². The van der Waals surface area contributed by atoms with Crippen LogP contribution in [-0.2, 0) is 29.2 Å². The van der Waals surface area contributed by atoms with E-state index < -0.39 is 0 Å². The Balaban J connectivity index is 1.52. The van der Waals surface area contributed by atoms with Crippen molar-refractivity contribution in [3.05, 3.63) is 29.0 Å². The van der Waals surface area contributed by atoms with Gasteiger partial charge in [-0.1, -0.05) is 11.3 Å². The monoisotopic (exact) mass is 307 g/mol. The normalized spacial score (nSPS) is 14.9. The van der Waals surface area contributed by atoms with Gasteiger partial charge < -0.3 is 9.30 Å². The van der Waals surface area contributed by atoms with Gasteiger partial charge in [0, 0.05) is 38.6 Å². The molecule has 21 heavy (non-hydrogen) atoms. The number of nitrogens with zero attached hydrogens (tertiary/aromatic N) is 4. The second kappa shape index (κ2) is 6.33. The van der Waals surface area contributed by atoms with Gasteiger partial charge in [-0.3, -0.25) is 15.0 Å². The number of methoxy groups -OCH3 is 1. The van der Waals surface area contributed by atoms with Crippen LogP contribution in [0.3, 0.4) is 0 Å². The molecule has 0 aliphatic carbocycles. The molecule has 8 heteroatoms. The third-order valence-corrected chi connectivity index (χ3v) is 4.13. The number of fused-ring (bicyclic) bond motifs is 1. The van der Waals surface area contributed by atoms with Crippen molar-refractivity contribution in [2.45, 2.75) is 19.7 Å². The van der Waals surface area contributed by atoms with E-state index in [1.54, 1.807) is 7.11 Å². The number of carbonyl (C=O) groups is 1. The smallest absolute Gasteiger partial charge is 0.240 e. The zero-order chi connectivity index (χ0) is 14.7. The summed E-state index contributed by atoms with van der Waals surface area (Å²) in [4.78, 5) is 14.2. The summed E-state index contributed by atoms with van der Waals surface area (Å²) in [5.41, 5.74) is 1.24. The molecule has 0 radical (unpaired) electrons. The van der Waals surface area contributed by atoms with E-state index in [0.717, 1.165) is 24.6 Å². The molecule has 2 aromatic heterocycles. The molecule has 0 saturated carbocycles. The maximum absolute atomic E-state index is 12.0. The summed E-state index contributed by atoms with van der Waals surface area (Å²) in [6.45, 7) is 3.37. The minimum atomic E-state index is -0.0601. The van der Waals surface area contributed by atoms with Gasteiger partial charge in [0.15, 0.2) is 0 Å². The SMILES string of the molecule is COCc1nnc(NC(=O)CN2CCn3cccc3C2)s1. The maximum Gasteiger partial charge on any atom is 0.240 e. The molecular formula is C13H17N5O2S. The van der Waals surface area contributed by atoms with E-state index in [1.165, 1.54) is 17.0 Å². The van der Waals surface area contributed by atoms with Gasteiger partial charge in [-0.2, -0.15) is 0 Å². The first-order chi connectivity index (χ1) is 10.2. The van der Waals surface area contributed by atoms with Gasteiger partial charge in [0.1, 0.15) is 11.6 Å². The molecule has 1 amide bonds. The van der Waals surface area contributed by atoms with Crippen LogP contribution >= 0.6 is 11.3 Å². The third kappa shape index (κ3) is 3.46. The van der Waals surface area contributed by atoms with Gasteiger partial charge in [0.05, 0.1) is 6.54 Å². The minimum absolute atomic E-state index is 0.0601. The first-order valence-corrected chi connectivity index (χ1v) is 7.54. The molecule has 0 fully saturated rings. The number of aromatic nitrogens is 3. The summed E-state index contributed by atoms with van der Waals surface area (Å²) in [6, 6.07) is 4.13. The van der Waals surface area contributed by atoms with E-state index in [2.05, 4.69) is 37.2 Å². The van der Waals surface area contributed by atoms with Crippen LogP contribution in [0.2, 0.25) is 0 Å². The molecule has 112 valence electrons. The molecule has 0 saturated heterocycles. The Hall–Kier alpha value is -1.77. The lowest BCUT2D eigenvalue weighted by molar-refractivity contribution is -0.117. The van der Waals surface area contributed by atoms with Crippen molar-refractivity contribution in [1.29, 1.82) is 0 Å². The zero-order valence-corrected chi connectivity index (χ0v) is 12.6. The molecule has 0 bridgehead atoms. The van der Waals surface area contributed by atoms with Crippen LogP contribution in [0.4, 0.5) is 5.13 Å². The topological polar surface area (TPSA) is 72.3 Å². The molecule has 0 atom stereocenters. The van der Waals surface area contributed by atoms with E-state index in [4.69, 9.17) is 4.74 Å². The average Bonchev–Trinajstić information content (AvgIpc) is 3.08. The summed E-state index contributed by atoms with van der Waals surface area (Å²) < 4.78 is 7.20. The number of hydrogen-bond donors (Lipinski definition) is 1. The average molecular weight is 307 g/mol. The number of anilines is 1. The van der Waals surface area contributed by atoms with Crippen molar-refractivity contribution < 1.29 is 9.53 Å². The van der Waals surface area contributed by atoms with Crippen LogP contribution in [0.25, 0.3) is 0 Å². The number of carbonyl (C=O) groups excluding carboxylic acids is 1. The number of nitrogens with one attached hydrogen (secondary N) is 1. The van der Waals surface area contributed by atoms with Crippen LogP contribution in [0.5, 0.6) is 0 Å². The number of hydrogen-bond acceptors (Lipinski definition) is 6. The number of amides is 1. The molecule has 1 N–H and O–H groups in total. The van der Waals surface area contributed by atoms with Crippen LogP contribution in [0.1, 0.15) is 10.7 Å². The van der Waals surface area contributed by atoms with Crippen molar-refractivity contribution in [3.8, 4) is 0 Å². The Bertz CT molecular complexity index is 624. The lowest BCUT2D eigenvalue weighted by Gasteiger charge is -2.27. The highest BCUT2D eigenvalue weighted by atomic mass is 32.1.